The van der Waals surface area contributed by atoms with Crippen LogP contribution < -0.4 is 14.2 Å². The molecule has 14 heavy (non-hydrogen) atoms. The number of hydrogen-bond donors (Lipinski definition) is 0. The zero-order valence-electron chi connectivity index (χ0n) is 8.46. The Morgan fingerprint density at radius 2 is 1.86 bits per heavy atom. The predicted molar refractivity (Wildman–Crippen MR) is 58.4 cm³/mol. The maximum absolute atomic E-state index is 5.45. The van der Waals surface area contributed by atoms with E-state index in [1.165, 1.54) is 0 Å². The van der Waals surface area contributed by atoms with Crippen molar-refractivity contribution in [3.05, 3.63) is 16.6 Å². The van der Waals surface area contributed by atoms with Crippen molar-refractivity contribution in [3.63, 3.8) is 0 Å². The first-order valence-corrected chi connectivity index (χ1v) is 5.07. The summed E-state index contributed by atoms with van der Waals surface area (Å²) in [6, 6.07) is 3.69. The first kappa shape index (κ1) is 11.2. The first-order chi connectivity index (χ1) is 6.74. The Bertz CT molecular complexity index is 312. The SMILES string of the molecule is CCOc1c(OC)ccc(Br)c1OC. The molecule has 78 valence electrons. The fourth-order valence-corrected chi connectivity index (χ4v) is 1.63. The summed E-state index contributed by atoms with van der Waals surface area (Å²) in [7, 11) is 3.20. The number of hydrogen-bond acceptors (Lipinski definition) is 3. The van der Waals surface area contributed by atoms with Gasteiger partial charge in [0, 0.05) is 0 Å². The highest BCUT2D eigenvalue weighted by atomic mass is 79.9. The molecule has 0 aliphatic rings. The van der Waals surface area contributed by atoms with Gasteiger partial charge in [-0.1, -0.05) is 0 Å². The third kappa shape index (κ3) is 2.12. The molecule has 0 saturated carbocycles. The van der Waals surface area contributed by atoms with Gasteiger partial charge in [0.25, 0.3) is 0 Å². The minimum Gasteiger partial charge on any atom is -0.493 e. The largest absolute Gasteiger partial charge is 0.493 e. The van der Waals surface area contributed by atoms with Crippen LogP contribution in [0.15, 0.2) is 16.6 Å². The number of halogens is 1. The lowest BCUT2D eigenvalue weighted by Gasteiger charge is -2.14. The van der Waals surface area contributed by atoms with E-state index in [9.17, 15) is 0 Å². The van der Waals surface area contributed by atoms with Crippen LogP contribution in [0.4, 0.5) is 0 Å². The van der Waals surface area contributed by atoms with Gasteiger partial charge in [-0.15, -0.1) is 0 Å². The third-order valence-electron chi connectivity index (χ3n) is 1.74. The molecule has 1 rings (SSSR count). The molecular formula is C10H13BrO3. The first-order valence-electron chi connectivity index (χ1n) is 4.27. The van der Waals surface area contributed by atoms with E-state index in [0.717, 1.165) is 4.47 Å². The Hall–Kier alpha value is -0.900. The van der Waals surface area contributed by atoms with Crippen molar-refractivity contribution in [2.24, 2.45) is 0 Å². The summed E-state index contributed by atoms with van der Waals surface area (Å²) in [5, 5.41) is 0. The fourth-order valence-electron chi connectivity index (χ4n) is 1.15. The monoisotopic (exact) mass is 260 g/mol. The Morgan fingerprint density at radius 1 is 1.14 bits per heavy atom. The molecule has 1 aromatic rings. The van der Waals surface area contributed by atoms with Gasteiger partial charge in [0.15, 0.2) is 11.5 Å². The van der Waals surface area contributed by atoms with Crippen molar-refractivity contribution in [3.8, 4) is 17.2 Å². The Morgan fingerprint density at radius 3 is 2.36 bits per heavy atom. The zero-order valence-corrected chi connectivity index (χ0v) is 10.1. The maximum atomic E-state index is 5.45. The van der Waals surface area contributed by atoms with Crippen LogP contribution in [0, 0.1) is 0 Å². The molecule has 0 amide bonds. The summed E-state index contributed by atoms with van der Waals surface area (Å²) >= 11 is 3.38. The van der Waals surface area contributed by atoms with Gasteiger partial charge in [-0.05, 0) is 35.0 Å². The summed E-state index contributed by atoms with van der Waals surface area (Å²) in [6.45, 7) is 2.49. The van der Waals surface area contributed by atoms with Gasteiger partial charge < -0.3 is 14.2 Å². The van der Waals surface area contributed by atoms with E-state index in [2.05, 4.69) is 15.9 Å². The average Bonchev–Trinajstić information content (AvgIpc) is 2.19. The van der Waals surface area contributed by atoms with Crippen molar-refractivity contribution in [1.29, 1.82) is 0 Å². The lowest BCUT2D eigenvalue weighted by molar-refractivity contribution is 0.287. The molecule has 0 spiro atoms. The van der Waals surface area contributed by atoms with Gasteiger partial charge in [0.1, 0.15) is 0 Å². The summed E-state index contributed by atoms with van der Waals surface area (Å²) < 4.78 is 16.7. The van der Waals surface area contributed by atoms with Gasteiger partial charge in [0.05, 0.1) is 25.3 Å². The number of rotatable bonds is 4. The molecule has 4 heteroatoms. The van der Waals surface area contributed by atoms with Crippen LogP contribution in [0.5, 0.6) is 17.2 Å². The molecule has 0 unspecified atom stereocenters. The molecule has 0 fully saturated rings. The third-order valence-corrected chi connectivity index (χ3v) is 2.37. The Kier molecular flexibility index (Phi) is 4.07. The molecule has 0 N–H and O–H groups in total. The Labute approximate surface area is 92.1 Å². The number of ether oxygens (including phenoxy) is 3. The van der Waals surface area contributed by atoms with Crippen molar-refractivity contribution < 1.29 is 14.2 Å². The molecule has 0 aromatic heterocycles. The zero-order chi connectivity index (χ0) is 10.6. The topological polar surface area (TPSA) is 27.7 Å². The minimum absolute atomic E-state index is 0.573. The lowest BCUT2D eigenvalue weighted by atomic mass is 10.3. The van der Waals surface area contributed by atoms with Crippen molar-refractivity contribution in [2.75, 3.05) is 20.8 Å². The van der Waals surface area contributed by atoms with Crippen molar-refractivity contribution >= 4 is 15.9 Å². The van der Waals surface area contributed by atoms with E-state index >= 15 is 0 Å². The molecule has 3 nitrogen and oxygen atoms in total. The highest BCUT2D eigenvalue weighted by Gasteiger charge is 2.14. The van der Waals surface area contributed by atoms with Gasteiger partial charge in [-0.25, -0.2) is 0 Å². The Balaban J connectivity index is 3.21. The van der Waals surface area contributed by atoms with Crippen LogP contribution in [0.25, 0.3) is 0 Å². The van der Waals surface area contributed by atoms with E-state index in [1.54, 1.807) is 14.2 Å². The molecule has 0 radical (unpaired) electrons. The molecule has 0 heterocycles. The van der Waals surface area contributed by atoms with E-state index in [1.807, 2.05) is 19.1 Å². The molecule has 0 bridgehead atoms. The smallest absolute Gasteiger partial charge is 0.204 e. The minimum atomic E-state index is 0.573. The second-order valence-electron chi connectivity index (χ2n) is 2.55. The van der Waals surface area contributed by atoms with Gasteiger partial charge in [-0.3, -0.25) is 0 Å². The highest BCUT2D eigenvalue weighted by Crippen LogP contribution is 2.42. The maximum Gasteiger partial charge on any atom is 0.204 e. The van der Waals surface area contributed by atoms with Gasteiger partial charge >= 0.3 is 0 Å². The van der Waals surface area contributed by atoms with Crippen molar-refractivity contribution in [2.45, 2.75) is 6.92 Å². The lowest BCUT2D eigenvalue weighted by Crippen LogP contribution is -1.98. The molecule has 0 aliphatic carbocycles. The summed E-state index contributed by atoms with van der Waals surface area (Å²) in [5.74, 6) is 1.96. The van der Waals surface area contributed by atoms with Crippen LogP contribution in [-0.2, 0) is 0 Å². The fraction of sp³-hybridized carbons (Fsp3) is 0.400. The predicted octanol–water partition coefficient (Wildman–Crippen LogP) is 2.87. The van der Waals surface area contributed by atoms with Crippen LogP contribution in [0.1, 0.15) is 6.92 Å². The number of benzene rings is 1. The van der Waals surface area contributed by atoms with Crippen LogP contribution >= 0.6 is 15.9 Å². The van der Waals surface area contributed by atoms with Crippen LogP contribution in [0.2, 0.25) is 0 Å². The molecule has 0 saturated heterocycles. The second kappa shape index (κ2) is 5.10. The van der Waals surface area contributed by atoms with E-state index in [-0.39, 0.29) is 0 Å². The van der Waals surface area contributed by atoms with Crippen LogP contribution in [-0.4, -0.2) is 20.8 Å². The average molecular weight is 261 g/mol. The summed E-state index contributed by atoms with van der Waals surface area (Å²) in [6.07, 6.45) is 0. The normalized spacial score (nSPS) is 9.71. The molecule has 0 aliphatic heterocycles. The van der Waals surface area contributed by atoms with Gasteiger partial charge in [0.2, 0.25) is 5.75 Å². The van der Waals surface area contributed by atoms with E-state index in [0.29, 0.717) is 23.9 Å². The van der Waals surface area contributed by atoms with Crippen LogP contribution in [0.3, 0.4) is 0 Å². The van der Waals surface area contributed by atoms with Crippen molar-refractivity contribution in [1.82, 2.24) is 0 Å². The molecular weight excluding hydrogens is 248 g/mol. The molecule has 1 aromatic carbocycles. The quantitative estimate of drug-likeness (QED) is 0.834. The van der Waals surface area contributed by atoms with E-state index in [4.69, 9.17) is 14.2 Å². The summed E-state index contributed by atoms with van der Waals surface area (Å²) in [5.41, 5.74) is 0. The summed E-state index contributed by atoms with van der Waals surface area (Å²) in [4.78, 5) is 0. The number of methoxy groups -OCH3 is 2. The highest BCUT2D eigenvalue weighted by molar-refractivity contribution is 9.10. The second-order valence-corrected chi connectivity index (χ2v) is 3.40. The molecule has 0 atom stereocenters. The standard InChI is InChI=1S/C10H13BrO3/c1-4-14-10-8(12-2)6-5-7(11)9(10)13-3/h5-6H,4H2,1-3H3. The van der Waals surface area contributed by atoms with Gasteiger partial charge in [-0.2, -0.15) is 0 Å². The van der Waals surface area contributed by atoms with E-state index < -0.39 is 0 Å².